The van der Waals surface area contributed by atoms with Gasteiger partial charge >= 0.3 is 7.60 Å². The van der Waals surface area contributed by atoms with Crippen LogP contribution in [0.5, 0.6) is 11.5 Å². The molecule has 162 valence electrons. The number of benzene rings is 3. The first-order valence-corrected chi connectivity index (χ1v) is 12.5. The summed E-state index contributed by atoms with van der Waals surface area (Å²) in [6.45, 7) is 6.54. The molecule has 0 aliphatic heterocycles. The molecule has 1 unspecified atom stereocenters. The summed E-state index contributed by atoms with van der Waals surface area (Å²) in [4.78, 5) is 0. The van der Waals surface area contributed by atoms with Gasteiger partial charge in [0.1, 0.15) is 17.2 Å². The molecule has 0 aliphatic carbocycles. The summed E-state index contributed by atoms with van der Waals surface area (Å²) < 4.78 is 26.8. The molecule has 31 heavy (non-hydrogen) atoms. The molecule has 0 aromatic heterocycles. The molecule has 0 bridgehead atoms. The van der Waals surface area contributed by atoms with Gasteiger partial charge in [-0.15, -0.1) is 0 Å². The largest absolute Gasteiger partial charge is 0.442 e. The van der Waals surface area contributed by atoms with Crippen molar-refractivity contribution in [3.05, 3.63) is 109 Å². The summed E-state index contributed by atoms with van der Waals surface area (Å²) in [6, 6.07) is 28.2. The smallest absolute Gasteiger partial charge is 0.415 e. The highest BCUT2D eigenvalue weighted by atomic mass is 31.2. The predicted molar refractivity (Wildman–Crippen MR) is 129 cm³/mol. The molecule has 0 aliphatic rings. The molecule has 0 saturated heterocycles. The summed E-state index contributed by atoms with van der Waals surface area (Å²) in [5, 5.41) is 0. The molecule has 1 atom stereocenters. The van der Waals surface area contributed by atoms with Crippen molar-refractivity contribution in [2.24, 2.45) is 0 Å². The highest BCUT2D eigenvalue weighted by Crippen LogP contribution is 2.63. The minimum atomic E-state index is -3.71. The molecule has 0 saturated carbocycles. The summed E-state index contributed by atoms with van der Waals surface area (Å²) in [5.41, 5.74) is 1.20. The van der Waals surface area contributed by atoms with Gasteiger partial charge in [-0.2, -0.15) is 0 Å². The lowest BCUT2D eigenvalue weighted by atomic mass is 10.0. The molecule has 4 heteroatoms. The zero-order valence-corrected chi connectivity index (χ0v) is 19.0. The average molecular weight is 435 g/mol. The third kappa shape index (κ3) is 6.60. The summed E-state index contributed by atoms with van der Waals surface area (Å²) in [5.74, 6) is 1.03. The van der Waals surface area contributed by atoms with E-state index in [0.717, 1.165) is 30.4 Å². The summed E-state index contributed by atoms with van der Waals surface area (Å²) >= 11 is 0. The van der Waals surface area contributed by atoms with Crippen molar-refractivity contribution in [2.75, 3.05) is 0 Å². The van der Waals surface area contributed by atoms with Crippen molar-refractivity contribution in [2.45, 2.75) is 44.7 Å². The fraction of sp³-hybridized carbons (Fsp3) is 0.259. The van der Waals surface area contributed by atoms with Crippen molar-refractivity contribution in [3.8, 4) is 11.5 Å². The van der Waals surface area contributed by atoms with Gasteiger partial charge in [0, 0.05) is 0 Å². The Kier molecular flexibility index (Phi) is 8.55. The van der Waals surface area contributed by atoms with Gasteiger partial charge in [0.25, 0.3) is 0 Å². The standard InChI is InChI=1S/C27H31O3P/c1-3-4-5-9-16-23(2)27(24-17-10-6-11-18-24)31(28,29-25-19-12-7-13-20-25)30-26-21-14-8-15-22-26/h6-8,10-15,17-22,27H,2-5,9,16H2,1H3. The van der Waals surface area contributed by atoms with E-state index in [2.05, 4.69) is 13.5 Å². The third-order valence-corrected chi connectivity index (χ3v) is 7.35. The maximum absolute atomic E-state index is 14.5. The first kappa shape index (κ1) is 22.9. The van der Waals surface area contributed by atoms with E-state index in [9.17, 15) is 4.57 Å². The Bertz CT molecular complexity index is 926. The van der Waals surface area contributed by atoms with Crippen LogP contribution in [0, 0.1) is 0 Å². The van der Waals surface area contributed by atoms with E-state index in [1.807, 2.05) is 66.7 Å². The molecule has 0 radical (unpaired) electrons. The summed E-state index contributed by atoms with van der Waals surface area (Å²) in [7, 11) is -3.71. The average Bonchev–Trinajstić information content (AvgIpc) is 2.79. The fourth-order valence-corrected chi connectivity index (χ4v) is 5.77. The lowest BCUT2D eigenvalue weighted by Crippen LogP contribution is -2.13. The van der Waals surface area contributed by atoms with Gasteiger partial charge in [-0.05, 0) is 42.7 Å². The van der Waals surface area contributed by atoms with Crippen molar-refractivity contribution in [1.82, 2.24) is 0 Å². The van der Waals surface area contributed by atoms with Crippen molar-refractivity contribution in [3.63, 3.8) is 0 Å². The number of rotatable bonds is 12. The van der Waals surface area contributed by atoms with Crippen LogP contribution < -0.4 is 9.05 Å². The minimum absolute atomic E-state index is 0.515. The van der Waals surface area contributed by atoms with Crippen molar-refractivity contribution >= 4 is 7.60 Å². The van der Waals surface area contributed by atoms with Gasteiger partial charge in [-0.25, -0.2) is 4.57 Å². The molecule has 3 aromatic carbocycles. The third-order valence-electron chi connectivity index (χ3n) is 5.12. The van der Waals surface area contributed by atoms with Crippen molar-refractivity contribution in [1.29, 1.82) is 0 Å². The first-order chi connectivity index (χ1) is 15.1. The maximum Gasteiger partial charge on any atom is 0.442 e. The van der Waals surface area contributed by atoms with Crippen LogP contribution in [0.2, 0.25) is 0 Å². The zero-order chi connectivity index (χ0) is 21.9. The Labute approximate surface area is 186 Å². The van der Waals surface area contributed by atoms with Crippen LogP contribution in [0.3, 0.4) is 0 Å². The van der Waals surface area contributed by atoms with Gasteiger partial charge in [-0.1, -0.05) is 105 Å². The van der Waals surface area contributed by atoms with Crippen LogP contribution >= 0.6 is 7.60 Å². The number of hydrogen-bond acceptors (Lipinski definition) is 3. The Balaban J connectivity index is 1.99. The van der Waals surface area contributed by atoms with E-state index in [4.69, 9.17) is 9.05 Å². The van der Waals surface area contributed by atoms with E-state index < -0.39 is 13.3 Å². The molecule has 0 spiro atoms. The second-order valence-electron chi connectivity index (χ2n) is 7.63. The molecule has 3 nitrogen and oxygen atoms in total. The lowest BCUT2D eigenvalue weighted by molar-refractivity contribution is 0.376. The molecular weight excluding hydrogens is 403 g/mol. The topological polar surface area (TPSA) is 35.5 Å². The van der Waals surface area contributed by atoms with Crippen LogP contribution in [-0.4, -0.2) is 0 Å². The highest BCUT2D eigenvalue weighted by molar-refractivity contribution is 7.55. The molecule has 0 amide bonds. The maximum atomic E-state index is 14.5. The van der Waals surface area contributed by atoms with Crippen LogP contribution in [0.15, 0.2) is 103 Å². The SMILES string of the molecule is C=C(CCCCCC)C(c1ccccc1)P(=O)(Oc1ccccc1)Oc1ccccc1. The van der Waals surface area contributed by atoms with Crippen LogP contribution in [0.25, 0.3) is 0 Å². The molecule has 0 heterocycles. The Morgan fingerprint density at radius 3 is 1.74 bits per heavy atom. The minimum Gasteiger partial charge on any atom is -0.415 e. The molecule has 3 rings (SSSR count). The van der Waals surface area contributed by atoms with E-state index in [1.165, 1.54) is 12.8 Å². The first-order valence-electron chi connectivity index (χ1n) is 10.9. The monoisotopic (exact) mass is 434 g/mol. The number of unbranched alkanes of at least 4 members (excludes halogenated alkanes) is 3. The van der Waals surface area contributed by atoms with Crippen molar-refractivity contribution < 1.29 is 13.6 Å². The number of para-hydroxylation sites is 2. The van der Waals surface area contributed by atoms with Gasteiger partial charge < -0.3 is 9.05 Å². The van der Waals surface area contributed by atoms with Gasteiger partial charge in [0.05, 0.1) is 0 Å². The van der Waals surface area contributed by atoms with Gasteiger partial charge in [0.2, 0.25) is 0 Å². The van der Waals surface area contributed by atoms with E-state index in [1.54, 1.807) is 24.3 Å². The Morgan fingerprint density at radius 2 is 1.26 bits per heavy atom. The van der Waals surface area contributed by atoms with E-state index in [0.29, 0.717) is 11.5 Å². The molecular formula is C27H31O3P. The van der Waals surface area contributed by atoms with Gasteiger partial charge in [-0.3, -0.25) is 0 Å². The van der Waals surface area contributed by atoms with Crippen LogP contribution in [0.1, 0.15) is 50.3 Å². The predicted octanol–water partition coefficient (Wildman–Crippen LogP) is 8.61. The molecule has 0 N–H and O–H groups in total. The van der Waals surface area contributed by atoms with Gasteiger partial charge in [0.15, 0.2) is 0 Å². The van der Waals surface area contributed by atoms with Crippen LogP contribution in [0.4, 0.5) is 0 Å². The summed E-state index contributed by atoms with van der Waals surface area (Å²) in [6.07, 6.45) is 5.26. The number of hydrogen-bond donors (Lipinski definition) is 0. The zero-order valence-electron chi connectivity index (χ0n) is 18.2. The van der Waals surface area contributed by atoms with Crippen LogP contribution in [-0.2, 0) is 4.57 Å². The Morgan fingerprint density at radius 1 is 0.774 bits per heavy atom. The second-order valence-corrected chi connectivity index (χ2v) is 9.59. The number of allylic oxidation sites excluding steroid dienone is 1. The molecule has 3 aromatic rings. The normalized spacial score (nSPS) is 12.2. The Hall–Kier alpha value is -2.77. The quantitative estimate of drug-likeness (QED) is 0.163. The highest BCUT2D eigenvalue weighted by Gasteiger charge is 2.42. The fourth-order valence-electron chi connectivity index (χ4n) is 3.57. The van der Waals surface area contributed by atoms with E-state index >= 15 is 0 Å². The second kappa shape index (κ2) is 11.6. The van der Waals surface area contributed by atoms with E-state index in [-0.39, 0.29) is 0 Å². The molecule has 0 fully saturated rings. The lowest BCUT2D eigenvalue weighted by Gasteiger charge is -2.29.